The minimum absolute atomic E-state index is 1.10. The highest BCUT2D eigenvalue weighted by Gasteiger charge is 2.17. The number of fused-ring (bicyclic) bond motifs is 1. The van der Waals surface area contributed by atoms with Crippen LogP contribution in [-0.4, -0.2) is 0 Å². The fourth-order valence-corrected chi connectivity index (χ4v) is 7.31. The lowest BCUT2D eigenvalue weighted by atomic mass is 9.92. The Hall–Kier alpha value is -6.96. The van der Waals surface area contributed by atoms with Crippen molar-refractivity contribution in [3.05, 3.63) is 224 Å². The van der Waals surface area contributed by atoms with Crippen molar-refractivity contribution < 1.29 is 0 Å². The van der Waals surface area contributed by atoms with Crippen LogP contribution in [0.5, 0.6) is 0 Å². The van der Waals surface area contributed by atoms with Gasteiger partial charge in [-0.05, 0) is 109 Å². The fourth-order valence-electron chi connectivity index (χ4n) is 7.31. The molecule has 0 saturated carbocycles. The second-order valence-electron chi connectivity index (χ2n) is 13.4. The van der Waals surface area contributed by atoms with Crippen LogP contribution < -0.4 is 4.90 Å². The zero-order valence-electron chi connectivity index (χ0n) is 29.3. The first-order valence-corrected chi connectivity index (χ1v) is 18.2. The monoisotopic (exact) mass is 675 g/mol. The molecule has 0 aliphatic heterocycles. The Balaban J connectivity index is 1.13. The van der Waals surface area contributed by atoms with E-state index in [-0.39, 0.29) is 0 Å². The van der Waals surface area contributed by atoms with E-state index in [0.717, 1.165) is 17.1 Å². The zero-order valence-corrected chi connectivity index (χ0v) is 29.3. The molecule has 0 aliphatic rings. The Morgan fingerprint density at radius 3 is 1.15 bits per heavy atom. The van der Waals surface area contributed by atoms with E-state index in [9.17, 15) is 0 Å². The van der Waals surface area contributed by atoms with Crippen LogP contribution in [0.4, 0.5) is 17.1 Å². The van der Waals surface area contributed by atoms with Gasteiger partial charge in [-0.2, -0.15) is 0 Å². The zero-order chi connectivity index (χ0) is 35.4. The predicted molar refractivity (Wildman–Crippen MR) is 226 cm³/mol. The molecule has 9 aromatic carbocycles. The molecule has 0 N–H and O–H groups in total. The molecule has 1 nitrogen and oxygen atoms in total. The summed E-state index contributed by atoms with van der Waals surface area (Å²) in [7, 11) is 0. The topological polar surface area (TPSA) is 3.24 Å². The normalized spacial score (nSPS) is 11.0. The quantitative estimate of drug-likeness (QED) is 0.155. The molecule has 0 amide bonds. The van der Waals surface area contributed by atoms with Crippen LogP contribution in [0.25, 0.3) is 66.4 Å². The fraction of sp³-hybridized carbons (Fsp3) is 0. The Bertz CT molecular complexity index is 2530. The maximum absolute atomic E-state index is 2.36. The lowest BCUT2D eigenvalue weighted by Crippen LogP contribution is -2.10. The highest BCUT2D eigenvalue weighted by Crippen LogP contribution is 2.42. The van der Waals surface area contributed by atoms with Gasteiger partial charge in [0, 0.05) is 17.1 Å². The third kappa shape index (κ3) is 6.65. The van der Waals surface area contributed by atoms with Gasteiger partial charge in [0.1, 0.15) is 0 Å². The van der Waals surface area contributed by atoms with Gasteiger partial charge in [-0.1, -0.05) is 182 Å². The Morgan fingerprint density at radius 2 is 0.585 bits per heavy atom. The molecule has 0 spiro atoms. The SMILES string of the molecule is c1ccc(-c2ccc(N(c3ccc(-c4ccccc4)cc3)c3ccc(-c4ccc(-c5ccc6ccccc6c5)cc4)c(-c4ccccc4)c3)cc2)cc1. The second-order valence-corrected chi connectivity index (χ2v) is 13.4. The van der Waals surface area contributed by atoms with Gasteiger partial charge >= 0.3 is 0 Å². The van der Waals surface area contributed by atoms with Crippen LogP contribution >= 0.6 is 0 Å². The maximum atomic E-state index is 2.36. The summed E-state index contributed by atoms with van der Waals surface area (Å²) < 4.78 is 0. The lowest BCUT2D eigenvalue weighted by Gasteiger charge is -2.27. The van der Waals surface area contributed by atoms with Crippen LogP contribution in [0.15, 0.2) is 224 Å². The average Bonchev–Trinajstić information content (AvgIpc) is 3.25. The van der Waals surface area contributed by atoms with Crippen LogP contribution in [0.1, 0.15) is 0 Å². The van der Waals surface area contributed by atoms with E-state index in [1.54, 1.807) is 0 Å². The number of benzene rings is 9. The molecule has 0 heterocycles. The molecule has 0 aromatic heterocycles. The third-order valence-corrected chi connectivity index (χ3v) is 10.1. The molecule has 0 atom stereocenters. The van der Waals surface area contributed by atoms with Crippen molar-refractivity contribution in [2.24, 2.45) is 0 Å². The molecule has 250 valence electrons. The van der Waals surface area contributed by atoms with Gasteiger partial charge in [0.25, 0.3) is 0 Å². The first-order valence-electron chi connectivity index (χ1n) is 18.2. The molecule has 0 aliphatic carbocycles. The van der Waals surface area contributed by atoms with Gasteiger partial charge in [0.05, 0.1) is 0 Å². The molecule has 1 heteroatoms. The minimum Gasteiger partial charge on any atom is -0.310 e. The summed E-state index contributed by atoms with van der Waals surface area (Å²) in [5, 5.41) is 2.51. The van der Waals surface area contributed by atoms with Crippen molar-refractivity contribution in [3.8, 4) is 55.6 Å². The van der Waals surface area contributed by atoms with Gasteiger partial charge in [0.15, 0.2) is 0 Å². The summed E-state index contributed by atoms with van der Waals surface area (Å²) >= 11 is 0. The summed E-state index contributed by atoms with van der Waals surface area (Å²) in [6.45, 7) is 0. The Morgan fingerprint density at radius 1 is 0.208 bits per heavy atom. The smallest absolute Gasteiger partial charge is 0.0468 e. The van der Waals surface area contributed by atoms with Crippen molar-refractivity contribution in [3.63, 3.8) is 0 Å². The molecule has 0 bridgehead atoms. The highest BCUT2D eigenvalue weighted by atomic mass is 15.1. The van der Waals surface area contributed by atoms with E-state index in [1.165, 1.54) is 66.4 Å². The Labute approximate surface area is 311 Å². The summed E-state index contributed by atoms with van der Waals surface area (Å²) in [4.78, 5) is 2.36. The molecule has 9 rings (SSSR count). The van der Waals surface area contributed by atoms with Crippen molar-refractivity contribution >= 4 is 27.8 Å². The van der Waals surface area contributed by atoms with Crippen LogP contribution in [0.3, 0.4) is 0 Å². The number of rotatable bonds is 8. The molecule has 0 fully saturated rings. The summed E-state index contributed by atoms with van der Waals surface area (Å²) in [6.07, 6.45) is 0. The number of hydrogen-bond donors (Lipinski definition) is 0. The molecule has 0 radical (unpaired) electrons. The maximum Gasteiger partial charge on any atom is 0.0468 e. The van der Waals surface area contributed by atoms with Gasteiger partial charge in [-0.15, -0.1) is 0 Å². The molecule has 9 aromatic rings. The van der Waals surface area contributed by atoms with Crippen molar-refractivity contribution in [2.75, 3.05) is 4.90 Å². The number of anilines is 3. The molecule has 53 heavy (non-hydrogen) atoms. The van der Waals surface area contributed by atoms with E-state index < -0.39 is 0 Å². The number of nitrogens with zero attached hydrogens (tertiary/aromatic N) is 1. The van der Waals surface area contributed by atoms with E-state index >= 15 is 0 Å². The summed E-state index contributed by atoms with van der Waals surface area (Å²) in [5.41, 5.74) is 15.3. The Kier molecular flexibility index (Phi) is 8.66. The standard InChI is InChI=1S/C52H37N/c1-4-12-38(13-5-1)41-26-30-48(31-27-41)53(49-32-28-42(29-33-49)39-14-6-2-7-15-39)50-34-35-51(52(37-50)44-17-8-3-9-18-44)45-23-20-43(21-24-45)47-25-22-40-16-10-11-19-46(40)36-47/h1-37H. The highest BCUT2D eigenvalue weighted by molar-refractivity contribution is 5.91. The van der Waals surface area contributed by atoms with Crippen molar-refractivity contribution in [1.29, 1.82) is 0 Å². The summed E-state index contributed by atoms with van der Waals surface area (Å²) in [6, 6.07) is 80.8. The molecular formula is C52H37N. The van der Waals surface area contributed by atoms with E-state index in [0.29, 0.717) is 0 Å². The lowest BCUT2D eigenvalue weighted by molar-refractivity contribution is 1.28. The van der Waals surface area contributed by atoms with E-state index in [1.807, 2.05) is 0 Å². The summed E-state index contributed by atoms with van der Waals surface area (Å²) in [5.74, 6) is 0. The first-order chi connectivity index (χ1) is 26.3. The van der Waals surface area contributed by atoms with Gasteiger partial charge in [0.2, 0.25) is 0 Å². The second kappa shape index (κ2) is 14.3. The van der Waals surface area contributed by atoms with E-state index in [2.05, 4.69) is 229 Å². The van der Waals surface area contributed by atoms with Crippen LogP contribution in [0.2, 0.25) is 0 Å². The predicted octanol–water partition coefficient (Wildman–Crippen LogP) is 14.6. The first kappa shape index (κ1) is 32.0. The minimum atomic E-state index is 1.10. The van der Waals surface area contributed by atoms with Gasteiger partial charge in [-0.3, -0.25) is 0 Å². The van der Waals surface area contributed by atoms with Crippen molar-refractivity contribution in [1.82, 2.24) is 0 Å². The van der Waals surface area contributed by atoms with Crippen molar-refractivity contribution in [2.45, 2.75) is 0 Å². The van der Waals surface area contributed by atoms with Gasteiger partial charge in [-0.25, -0.2) is 0 Å². The van der Waals surface area contributed by atoms with E-state index in [4.69, 9.17) is 0 Å². The average molecular weight is 676 g/mol. The largest absolute Gasteiger partial charge is 0.310 e. The molecule has 0 unspecified atom stereocenters. The number of hydrogen-bond acceptors (Lipinski definition) is 1. The molecular weight excluding hydrogens is 639 g/mol. The van der Waals surface area contributed by atoms with Crippen LogP contribution in [-0.2, 0) is 0 Å². The van der Waals surface area contributed by atoms with Gasteiger partial charge < -0.3 is 4.90 Å². The molecule has 0 saturated heterocycles. The third-order valence-electron chi connectivity index (χ3n) is 10.1. The van der Waals surface area contributed by atoms with Crippen LogP contribution in [0, 0.1) is 0 Å².